The van der Waals surface area contributed by atoms with Gasteiger partial charge >= 0.3 is 0 Å². The largest absolute Gasteiger partial charge is 0.397 e. The van der Waals surface area contributed by atoms with E-state index in [0.717, 1.165) is 22.4 Å². The van der Waals surface area contributed by atoms with Crippen LogP contribution >= 0.6 is 0 Å². The minimum absolute atomic E-state index is 0.747. The lowest BCUT2D eigenvalue weighted by molar-refractivity contribution is 1.23. The number of aromatic nitrogens is 2. The van der Waals surface area contributed by atoms with E-state index in [1.807, 2.05) is 25.3 Å². The van der Waals surface area contributed by atoms with Crippen molar-refractivity contribution < 1.29 is 0 Å². The van der Waals surface area contributed by atoms with Crippen LogP contribution in [0.15, 0.2) is 18.3 Å². The summed E-state index contributed by atoms with van der Waals surface area (Å²) in [7, 11) is 0. The van der Waals surface area contributed by atoms with E-state index < -0.39 is 0 Å². The van der Waals surface area contributed by atoms with Crippen LogP contribution in [0.4, 0.5) is 5.69 Å². The molecule has 11 heavy (non-hydrogen) atoms. The highest BCUT2D eigenvalue weighted by Crippen LogP contribution is 2.15. The molecular weight excluding hydrogens is 138 g/mol. The molecule has 0 saturated carbocycles. The van der Waals surface area contributed by atoms with Gasteiger partial charge in [-0.15, -0.1) is 0 Å². The third kappa shape index (κ3) is 0.852. The predicted octanol–water partition coefficient (Wildman–Crippen LogP) is 1.45. The molecule has 0 aromatic carbocycles. The summed E-state index contributed by atoms with van der Waals surface area (Å²) in [5, 5.41) is 1.06. The zero-order chi connectivity index (χ0) is 7.84. The summed E-state index contributed by atoms with van der Waals surface area (Å²) in [5.74, 6) is 0. The van der Waals surface area contributed by atoms with Crippen molar-refractivity contribution in [3.8, 4) is 0 Å². The Balaban J connectivity index is 2.86. The van der Waals surface area contributed by atoms with Crippen LogP contribution in [0.2, 0.25) is 0 Å². The highest BCUT2D eigenvalue weighted by Gasteiger charge is 1.98. The van der Waals surface area contributed by atoms with Crippen molar-refractivity contribution in [1.82, 2.24) is 9.97 Å². The lowest BCUT2D eigenvalue weighted by Crippen LogP contribution is -1.92. The number of anilines is 1. The van der Waals surface area contributed by atoms with Crippen LogP contribution in [0, 0.1) is 6.92 Å². The minimum Gasteiger partial charge on any atom is -0.397 e. The van der Waals surface area contributed by atoms with Gasteiger partial charge in [0.25, 0.3) is 0 Å². The maximum absolute atomic E-state index is 5.67. The van der Waals surface area contributed by atoms with E-state index in [9.17, 15) is 0 Å². The average molecular weight is 147 g/mol. The monoisotopic (exact) mass is 147 g/mol. The van der Waals surface area contributed by atoms with Crippen molar-refractivity contribution in [3.05, 3.63) is 24.0 Å². The first kappa shape index (κ1) is 6.22. The Bertz CT molecular complexity index is 353. The summed E-state index contributed by atoms with van der Waals surface area (Å²) in [6.07, 6.45) is 1.86. The van der Waals surface area contributed by atoms with Gasteiger partial charge in [0, 0.05) is 11.6 Å². The smallest absolute Gasteiger partial charge is 0.137 e. The van der Waals surface area contributed by atoms with E-state index in [1.54, 1.807) is 0 Å². The second-order valence-electron chi connectivity index (χ2n) is 2.58. The number of hydrogen-bond donors (Lipinski definition) is 2. The van der Waals surface area contributed by atoms with Crippen LogP contribution in [-0.4, -0.2) is 9.97 Å². The molecular formula is C8H9N3. The zero-order valence-electron chi connectivity index (χ0n) is 6.26. The van der Waals surface area contributed by atoms with E-state index >= 15 is 0 Å². The number of nitrogens with one attached hydrogen (secondary N) is 1. The SMILES string of the molecule is Cc1nc2[nH]ccc2cc1N. The quantitative estimate of drug-likeness (QED) is 0.592. The second-order valence-corrected chi connectivity index (χ2v) is 2.58. The van der Waals surface area contributed by atoms with Crippen LogP contribution in [0.25, 0.3) is 11.0 Å². The molecule has 0 unspecified atom stereocenters. The summed E-state index contributed by atoms with van der Waals surface area (Å²) in [6, 6.07) is 3.88. The number of nitrogens with zero attached hydrogens (tertiary/aromatic N) is 1. The molecule has 0 bridgehead atoms. The third-order valence-corrected chi connectivity index (χ3v) is 1.76. The molecule has 2 aromatic rings. The van der Waals surface area contributed by atoms with Gasteiger partial charge in [0.1, 0.15) is 5.65 Å². The van der Waals surface area contributed by atoms with E-state index in [0.29, 0.717) is 0 Å². The maximum Gasteiger partial charge on any atom is 0.137 e. The number of rotatable bonds is 0. The van der Waals surface area contributed by atoms with Crippen LogP contribution in [0.5, 0.6) is 0 Å². The number of aromatic amines is 1. The Morgan fingerprint density at radius 3 is 3.18 bits per heavy atom. The van der Waals surface area contributed by atoms with Crippen molar-refractivity contribution in [3.63, 3.8) is 0 Å². The van der Waals surface area contributed by atoms with Crippen LogP contribution in [-0.2, 0) is 0 Å². The van der Waals surface area contributed by atoms with Crippen LogP contribution in [0.1, 0.15) is 5.69 Å². The Morgan fingerprint density at radius 1 is 1.55 bits per heavy atom. The molecule has 0 spiro atoms. The standard InChI is InChI=1S/C8H9N3/c1-5-7(9)4-6-2-3-10-8(6)11-5/h2-4H,9H2,1H3,(H,10,11). The summed E-state index contributed by atoms with van der Waals surface area (Å²) in [4.78, 5) is 7.28. The lowest BCUT2D eigenvalue weighted by atomic mass is 10.2. The van der Waals surface area contributed by atoms with Crippen LogP contribution in [0.3, 0.4) is 0 Å². The number of nitrogens with two attached hydrogens (primary N) is 1. The highest BCUT2D eigenvalue weighted by atomic mass is 14.9. The molecule has 0 fully saturated rings. The Kier molecular flexibility index (Phi) is 1.12. The Hall–Kier alpha value is -1.51. The van der Waals surface area contributed by atoms with E-state index in [1.165, 1.54) is 0 Å². The lowest BCUT2D eigenvalue weighted by Gasteiger charge is -1.97. The molecule has 3 nitrogen and oxygen atoms in total. The van der Waals surface area contributed by atoms with Crippen LogP contribution < -0.4 is 5.73 Å². The topological polar surface area (TPSA) is 54.7 Å². The number of pyridine rings is 1. The molecule has 3 heteroatoms. The molecule has 0 aliphatic heterocycles. The molecule has 2 rings (SSSR count). The Morgan fingerprint density at radius 2 is 2.36 bits per heavy atom. The molecule has 2 aromatic heterocycles. The van der Waals surface area contributed by atoms with Gasteiger partial charge in [-0.2, -0.15) is 0 Å². The van der Waals surface area contributed by atoms with Crippen molar-refractivity contribution in [2.24, 2.45) is 0 Å². The molecule has 0 radical (unpaired) electrons. The van der Waals surface area contributed by atoms with Gasteiger partial charge in [0.2, 0.25) is 0 Å². The number of H-pyrrole nitrogens is 1. The van der Waals surface area contributed by atoms with Gasteiger partial charge in [-0.25, -0.2) is 4.98 Å². The van der Waals surface area contributed by atoms with Gasteiger partial charge < -0.3 is 10.7 Å². The molecule has 3 N–H and O–H groups in total. The fraction of sp³-hybridized carbons (Fsp3) is 0.125. The van der Waals surface area contributed by atoms with E-state index in [4.69, 9.17) is 5.73 Å². The zero-order valence-corrected chi connectivity index (χ0v) is 6.26. The first-order chi connectivity index (χ1) is 5.27. The van der Waals surface area contributed by atoms with Gasteiger partial charge in [0.05, 0.1) is 11.4 Å². The minimum atomic E-state index is 0.747. The molecule has 0 aliphatic carbocycles. The number of fused-ring (bicyclic) bond motifs is 1. The fourth-order valence-corrected chi connectivity index (χ4v) is 1.09. The number of hydrogen-bond acceptors (Lipinski definition) is 2. The van der Waals surface area contributed by atoms with Crippen molar-refractivity contribution in [1.29, 1.82) is 0 Å². The molecule has 0 aliphatic rings. The summed E-state index contributed by atoms with van der Waals surface area (Å²) in [5.41, 5.74) is 8.19. The molecule has 2 heterocycles. The van der Waals surface area contributed by atoms with Crippen molar-refractivity contribution >= 4 is 16.7 Å². The van der Waals surface area contributed by atoms with Gasteiger partial charge in [-0.3, -0.25) is 0 Å². The third-order valence-electron chi connectivity index (χ3n) is 1.76. The Labute approximate surface area is 64.2 Å². The summed E-state index contributed by atoms with van der Waals surface area (Å²) in [6.45, 7) is 1.90. The summed E-state index contributed by atoms with van der Waals surface area (Å²) < 4.78 is 0. The predicted molar refractivity (Wildman–Crippen MR) is 45.2 cm³/mol. The summed E-state index contributed by atoms with van der Waals surface area (Å²) >= 11 is 0. The van der Waals surface area contributed by atoms with E-state index in [2.05, 4.69) is 9.97 Å². The number of nitrogen functional groups attached to an aromatic ring is 1. The maximum atomic E-state index is 5.67. The molecule has 0 atom stereocenters. The van der Waals surface area contributed by atoms with Crippen molar-refractivity contribution in [2.45, 2.75) is 6.92 Å². The number of aryl methyl sites for hydroxylation is 1. The molecule has 56 valence electrons. The first-order valence-electron chi connectivity index (χ1n) is 3.47. The second kappa shape index (κ2) is 1.99. The highest BCUT2D eigenvalue weighted by molar-refractivity contribution is 5.79. The average Bonchev–Trinajstić information content (AvgIpc) is 2.36. The van der Waals surface area contributed by atoms with Gasteiger partial charge in [-0.05, 0) is 19.1 Å². The molecule has 0 amide bonds. The first-order valence-corrected chi connectivity index (χ1v) is 3.47. The van der Waals surface area contributed by atoms with Crippen molar-refractivity contribution in [2.75, 3.05) is 5.73 Å². The fourth-order valence-electron chi connectivity index (χ4n) is 1.09. The normalized spacial score (nSPS) is 10.6. The van der Waals surface area contributed by atoms with Gasteiger partial charge in [0.15, 0.2) is 0 Å². The van der Waals surface area contributed by atoms with Gasteiger partial charge in [-0.1, -0.05) is 0 Å². The molecule has 0 saturated heterocycles. The van der Waals surface area contributed by atoms with E-state index in [-0.39, 0.29) is 0 Å².